The lowest BCUT2D eigenvalue weighted by Crippen LogP contribution is -2.32. The van der Waals surface area contributed by atoms with Crippen molar-refractivity contribution < 1.29 is 27.5 Å². The molecule has 0 fully saturated rings. The fourth-order valence-electron chi connectivity index (χ4n) is 1.25. The molecule has 2 N–H and O–H groups in total. The first-order chi connectivity index (χ1) is 8.64. The Morgan fingerprint density at radius 2 is 1.95 bits per heavy atom. The molecule has 0 saturated carbocycles. The summed E-state index contributed by atoms with van der Waals surface area (Å²) in [5, 5.41) is 9.45. The van der Waals surface area contributed by atoms with E-state index in [1.807, 2.05) is 5.32 Å². The average Bonchev–Trinajstić information content (AvgIpc) is 2.29. The van der Waals surface area contributed by atoms with Crippen molar-refractivity contribution in [3.8, 4) is 0 Å². The minimum Gasteiger partial charge on any atom is -0.478 e. The van der Waals surface area contributed by atoms with Crippen molar-refractivity contribution in [3.63, 3.8) is 0 Å². The Morgan fingerprint density at radius 1 is 1.37 bits per heavy atom. The van der Waals surface area contributed by atoms with Gasteiger partial charge in [0.1, 0.15) is 11.1 Å². The molecule has 0 bridgehead atoms. The van der Waals surface area contributed by atoms with Gasteiger partial charge in [0.15, 0.2) is 9.84 Å². The maximum absolute atomic E-state index is 13.5. The first-order valence-electron chi connectivity index (χ1n) is 5.16. The largest absolute Gasteiger partial charge is 0.478 e. The maximum atomic E-state index is 13.5. The van der Waals surface area contributed by atoms with Crippen LogP contribution < -0.4 is 5.32 Å². The molecule has 1 aromatic rings. The zero-order valence-corrected chi connectivity index (χ0v) is 11.0. The van der Waals surface area contributed by atoms with Gasteiger partial charge in [0.2, 0.25) is 5.91 Å². The summed E-state index contributed by atoms with van der Waals surface area (Å²) in [6.07, 6.45) is 0.858. The highest BCUT2D eigenvalue weighted by Crippen LogP contribution is 2.20. The van der Waals surface area contributed by atoms with Crippen molar-refractivity contribution in [2.45, 2.75) is 12.2 Å². The third kappa shape index (κ3) is 3.50. The molecule has 0 aliphatic carbocycles. The Hall–Kier alpha value is -1.96. The lowest BCUT2D eigenvalue weighted by atomic mass is 10.1. The molecule has 8 heteroatoms. The van der Waals surface area contributed by atoms with Crippen LogP contribution in [0.4, 0.5) is 10.1 Å². The van der Waals surface area contributed by atoms with E-state index in [9.17, 15) is 22.4 Å². The highest BCUT2D eigenvalue weighted by molar-refractivity contribution is 7.92. The summed E-state index contributed by atoms with van der Waals surface area (Å²) in [6.45, 7) is 1.13. The first kappa shape index (κ1) is 15.1. The minimum absolute atomic E-state index is 0.450. The van der Waals surface area contributed by atoms with Crippen LogP contribution in [0.15, 0.2) is 18.2 Å². The molecule has 1 amide bonds. The van der Waals surface area contributed by atoms with Crippen LogP contribution in [0.1, 0.15) is 17.3 Å². The summed E-state index contributed by atoms with van der Waals surface area (Å²) in [5.41, 5.74) is -0.996. The van der Waals surface area contributed by atoms with Crippen LogP contribution in [0.2, 0.25) is 0 Å². The van der Waals surface area contributed by atoms with Crippen molar-refractivity contribution in [2.75, 3.05) is 11.6 Å². The second-order valence-electron chi connectivity index (χ2n) is 3.93. The molecule has 104 valence electrons. The van der Waals surface area contributed by atoms with E-state index in [4.69, 9.17) is 5.11 Å². The van der Waals surface area contributed by atoms with Gasteiger partial charge in [0.25, 0.3) is 0 Å². The van der Waals surface area contributed by atoms with Gasteiger partial charge < -0.3 is 10.4 Å². The van der Waals surface area contributed by atoms with Gasteiger partial charge in [-0.3, -0.25) is 4.79 Å². The number of anilines is 1. The number of sulfone groups is 1. The summed E-state index contributed by atoms with van der Waals surface area (Å²) in [6, 6.07) is 3.24. The van der Waals surface area contributed by atoms with Gasteiger partial charge in [0.05, 0.1) is 11.3 Å². The molecule has 0 heterocycles. The van der Waals surface area contributed by atoms with Crippen LogP contribution in [0.3, 0.4) is 0 Å². The fourth-order valence-corrected chi connectivity index (χ4v) is 1.70. The molecule has 0 radical (unpaired) electrons. The van der Waals surface area contributed by atoms with Crippen molar-refractivity contribution in [1.29, 1.82) is 0 Å². The van der Waals surface area contributed by atoms with E-state index in [-0.39, 0.29) is 0 Å². The normalized spacial score (nSPS) is 12.8. The van der Waals surface area contributed by atoms with E-state index in [1.165, 1.54) is 6.07 Å². The number of nitrogens with one attached hydrogen (secondary N) is 1. The SMILES string of the molecule is CC(C(=O)Nc1c(F)cccc1C(=O)O)S(C)(=O)=O. The van der Waals surface area contributed by atoms with Gasteiger partial charge in [-0.05, 0) is 19.1 Å². The second kappa shape index (κ2) is 5.35. The van der Waals surface area contributed by atoms with Crippen LogP contribution in [-0.4, -0.2) is 36.9 Å². The molecule has 19 heavy (non-hydrogen) atoms. The highest BCUT2D eigenvalue weighted by Gasteiger charge is 2.26. The van der Waals surface area contributed by atoms with Crippen LogP contribution >= 0.6 is 0 Å². The number of carboxylic acid groups (broad SMARTS) is 1. The van der Waals surface area contributed by atoms with Crippen molar-refractivity contribution in [1.82, 2.24) is 0 Å². The van der Waals surface area contributed by atoms with Crippen LogP contribution in [0.25, 0.3) is 0 Å². The minimum atomic E-state index is -3.65. The molecule has 0 aliphatic rings. The third-order valence-corrected chi connectivity index (χ3v) is 4.00. The zero-order chi connectivity index (χ0) is 14.8. The molecule has 1 unspecified atom stereocenters. The number of amides is 1. The van der Waals surface area contributed by atoms with Gasteiger partial charge in [-0.2, -0.15) is 0 Å². The summed E-state index contributed by atoms with van der Waals surface area (Å²) in [5.74, 6) is -3.37. The standard InChI is InChI=1S/C11H12FNO5S/c1-6(19(2,17)18)10(14)13-9-7(11(15)16)4-3-5-8(9)12/h3-6H,1-2H3,(H,13,14)(H,15,16). The lowest BCUT2D eigenvalue weighted by molar-refractivity contribution is -0.115. The Morgan fingerprint density at radius 3 is 2.42 bits per heavy atom. The van der Waals surface area contributed by atoms with Gasteiger partial charge in [-0.25, -0.2) is 17.6 Å². The quantitative estimate of drug-likeness (QED) is 0.857. The molecule has 1 atom stereocenters. The molecule has 6 nitrogen and oxygen atoms in total. The zero-order valence-electron chi connectivity index (χ0n) is 10.2. The van der Waals surface area contributed by atoms with Crippen LogP contribution in [0, 0.1) is 5.82 Å². The average molecular weight is 289 g/mol. The summed E-state index contributed by atoms with van der Waals surface area (Å²) < 4.78 is 35.9. The monoisotopic (exact) mass is 289 g/mol. The number of rotatable bonds is 4. The van der Waals surface area contributed by atoms with Crippen molar-refractivity contribution in [2.24, 2.45) is 0 Å². The van der Waals surface area contributed by atoms with Crippen molar-refractivity contribution in [3.05, 3.63) is 29.6 Å². The number of carbonyl (C=O) groups excluding carboxylic acids is 1. The van der Waals surface area contributed by atoms with Gasteiger partial charge in [-0.1, -0.05) is 6.07 Å². The number of hydrogen-bond acceptors (Lipinski definition) is 4. The number of benzene rings is 1. The Kier molecular flexibility index (Phi) is 4.25. The topological polar surface area (TPSA) is 101 Å². The van der Waals surface area contributed by atoms with Crippen LogP contribution in [0.5, 0.6) is 0 Å². The van der Waals surface area contributed by atoms with Crippen molar-refractivity contribution >= 4 is 27.4 Å². The Labute approximate surface area is 109 Å². The molecule has 1 rings (SSSR count). The lowest BCUT2D eigenvalue weighted by Gasteiger charge is -2.12. The van der Waals surface area contributed by atoms with E-state index in [1.54, 1.807) is 0 Å². The second-order valence-corrected chi connectivity index (χ2v) is 6.29. The third-order valence-electron chi connectivity index (χ3n) is 2.50. The van der Waals surface area contributed by atoms with E-state index >= 15 is 0 Å². The molecule has 0 spiro atoms. The predicted octanol–water partition coefficient (Wildman–Crippen LogP) is 0.896. The fraction of sp³-hybridized carbons (Fsp3) is 0.273. The molecule has 0 aliphatic heterocycles. The molecule has 0 aromatic heterocycles. The number of para-hydroxylation sites is 1. The van der Waals surface area contributed by atoms with E-state index in [0.29, 0.717) is 0 Å². The molecule has 1 aromatic carbocycles. The number of halogens is 1. The molecule has 0 saturated heterocycles. The molecular formula is C11H12FNO5S. The van der Waals surface area contributed by atoms with Gasteiger partial charge in [-0.15, -0.1) is 0 Å². The number of aromatic carboxylic acids is 1. The van der Waals surface area contributed by atoms with Gasteiger partial charge in [0, 0.05) is 6.26 Å². The smallest absolute Gasteiger partial charge is 0.337 e. The van der Waals surface area contributed by atoms with E-state index in [0.717, 1.165) is 25.3 Å². The first-order valence-corrected chi connectivity index (χ1v) is 7.11. The summed E-state index contributed by atoms with van der Waals surface area (Å²) in [4.78, 5) is 22.5. The summed E-state index contributed by atoms with van der Waals surface area (Å²) >= 11 is 0. The Balaban J connectivity index is 3.13. The van der Waals surface area contributed by atoms with E-state index < -0.39 is 44.0 Å². The Bertz CT molecular complexity index is 626. The van der Waals surface area contributed by atoms with E-state index in [2.05, 4.69) is 0 Å². The van der Waals surface area contributed by atoms with Crippen LogP contribution in [-0.2, 0) is 14.6 Å². The number of carbonyl (C=O) groups is 2. The number of carboxylic acids is 1. The van der Waals surface area contributed by atoms with Gasteiger partial charge >= 0.3 is 5.97 Å². The maximum Gasteiger partial charge on any atom is 0.337 e. The highest BCUT2D eigenvalue weighted by atomic mass is 32.2. The number of hydrogen-bond donors (Lipinski definition) is 2. The predicted molar refractivity (Wildman–Crippen MR) is 66.3 cm³/mol. The summed E-state index contributed by atoms with van der Waals surface area (Å²) in [7, 11) is -3.65. The molecular weight excluding hydrogens is 277 g/mol.